The van der Waals surface area contributed by atoms with E-state index in [2.05, 4.69) is 10.3 Å². The number of carbonyl (C=O) groups is 3. The molecule has 2 aromatic rings. The number of carbonyl (C=O) groups excluding carboxylic acids is 3. The van der Waals surface area contributed by atoms with Gasteiger partial charge in [0.1, 0.15) is 0 Å². The molecule has 0 aromatic carbocycles. The Balaban J connectivity index is 1.84. The largest absolute Gasteiger partial charge is 0.362 e. The van der Waals surface area contributed by atoms with E-state index in [-0.39, 0.29) is 12.3 Å². The van der Waals surface area contributed by atoms with Crippen molar-refractivity contribution in [1.82, 2.24) is 15.2 Å². The number of aryl methyl sites for hydroxylation is 2. The van der Waals surface area contributed by atoms with E-state index < -0.39 is 17.5 Å². The third kappa shape index (κ3) is 2.46. The molecule has 1 aliphatic rings. The van der Waals surface area contributed by atoms with Gasteiger partial charge in [0.05, 0.1) is 6.54 Å². The van der Waals surface area contributed by atoms with Crippen molar-refractivity contribution in [2.75, 3.05) is 6.54 Å². The van der Waals surface area contributed by atoms with Crippen molar-refractivity contribution in [2.24, 2.45) is 0 Å². The minimum Gasteiger partial charge on any atom is -0.362 e. The highest BCUT2D eigenvalue weighted by Gasteiger charge is 2.50. The molecule has 3 amide bonds. The van der Waals surface area contributed by atoms with E-state index >= 15 is 0 Å². The number of aromatic amines is 1. The highest BCUT2D eigenvalue weighted by atomic mass is 32.1. The van der Waals surface area contributed by atoms with E-state index in [1.807, 2.05) is 18.4 Å². The smallest absolute Gasteiger partial charge is 0.325 e. The number of thiophene rings is 1. The summed E-state index contributed by atoms with van der Waals surface area (Å²) >= 11 is 1.40. The topological polar surface area (TPSA) is 82.3 Å². The molecule has 6 nitrogen and oxygen atoms in total. The first-order valence-corrected chi connectivity index (χ1v) is 8.08. The van der Waals surface area contributed by atoms with Crippen LogP contribution in [0.15, 0.2) is 23.6 Å². The molecule has 3 heterocycles. The summed E-state index contributed by atoms with van der Waals surface area (Å²) in [5.41, 5.74) is 1.01. The van der Waals surface area contributed by atoms with Crippen LogP contribution in [0.25, 0.3) is 0 Å². The fraction of sp³-hybridized carbons (Fsp3) is 0.312. The predicted octanol–water partition coefficient (Wildman–Crippen LogP) is 2.34. The molecule has 2 N–H and O–H groups in total. The maximum atomic E-state index is 12.7. The van der Waals surface area contributed by atoms with Crippen LogP contribution in [0.4, 0.5) is 4.79 Å². The molecule has 0 saturated carbocycles. The second kappa shape index (κ2) is 5.34. The van der Waals surface area contributed by atoms with Gasteiger partial charge in [0.15, 0.2) is 11.3 Å². The number of nitrogens with one attached hydrogen (secondary N) is 2. The van der Waals surface area contributed by atoms with Gasteiger partial charge in [-0.25, -0.2) is 4.79 Å². The fourth-order valence-electron chi connectivity index (χ4n) is 2.81. The van der Waals surface area contributed by atoms with Gasteiger partial charge in [-0.3, -0.25) is 14.5 Å². The number of hydrogen-bond donors (Lipinski definition) is 2. The maximum absolute atomic E-state index is 12.7. The van der Waals surface area contributed by atoms with Crippen LogP contribution in [0.5, 0.6) is 0 Å². The maximum Gasteiger partial charge on any atom is 0.325 e. The molecule has 1 saturated heterocycles. The van der Waals surface area contributed by atoms with Crippen molar-refractivity contribution < 1.29 is 14.4 Å². The molecule has 1 aliphatic heterocycles. The Bertz CT molecular complexity index is 794. The number of hydrogen-bond acceptors (Lipinski definition) is 4. The number of H-pyrrole nitrogens is 1. The van der Waals surface area contributed by atoms with E-state index in [0.29, 0.717) is 5.56 Å². The summed E-state index contributed by atoms with van der Waals surface area (Å²) in [5, 5.41) is 4.54. The number of nitrogens with zero attached hydrogens (tertiary/aromatic N) is 1. The zero-order valence-electron chi connectivity index (χ0n) is 13.1. The summed E-state index contributed by atoms with van der Waals surface area (Å²) in [7, 11) is 0. The first-order valence-electron chi connectivity index (χ1n) is 7.20. The Kier molecular flexibility index (Phi) is 3.60. The molecule has 0 bridgehead atoms. The van der Waals surface area contributed by atoms with E-state index in [9.17, 15) is 14.4 Å². The lowest BCUT2D eigenvalue weighted by Gasteiger charge is -2.19. The monoisotopic (exact) mass is 331 g/mol. The SMILES string of the molecule is Cc1cc(C(=O)CN2C(=O)NC(C)(c3cccs3)C2=O)c(C)[nH]1. The summed E-state index contributed by atoms with van der Waals surface area (Å²) in [4.78, 5) is 42.1. The van der Waals surface area contributed by atoms with Gasteiger partial charge in [-0.2, -0.15) is 0 Å². The molecule has 120 valence electrons. The van der Waals surface area contributed by atoms with E-state index in [4.69, 9.17) is 0 Å². The molecular weight excluding hydrogens is 314 g/mol. The molecule has 7 heteroatoms. The quantitative estimate of drug-likeness (QED) is 0.666. The van der Waals surface area contributed by atoms with Crippen LogP contribution in [0.1, 0.15) is 33.5 Å². The lowest BCUT2D eigenvalue weighted by Crippen LogP contribution is -2.40. The normalized spacial score (nSPS) is 20.9. The van der Waals surface area contributed by atoms with Gasteiger partial charge >= 0.3 is 6.03 Å². The lowest BCUT2D eigenvalue weighted by atomic mass is 10.0. The predicted molar refractivity (Wildman–Crippen MR) is 86.5 cm³/mol. The van der Waals surface area contributed by atoms with Gasteiger partial charge < -0.3 is 10.3 Å². The number of urea groups is 1. The average molecular weight is 331 g/mol. The summed E-state index contributed by atoms with van der Waals surface area (Å²) in [6.45, 7) is 5.05. The molecule has 1 atom stereocenters. The van der Waals surface area contributed by atoms with Crippen molar-refractivity contribution >= 4 is 29.1 Å². The summed E-state index contributed by atoms with van der Waals surface area (Å²) < 4.78 is 0. The Morgan fingerprint density at radius 1 is 1.35 bits per heavy atom. The summed E-state index contributed by atoms with van der Waals surface area (Å²) in [6, 6.07) is 4.82. The molecule has 0 spiro atoms. The van der Waals surface area contributed by atoms with Crippen molar-refractivity contribution in [3.63, 3.8) is 0 Å². The molecule has 23 heavy (non-hydrogen) atoms. The minimum atomic E-state index is -1.10. The van der Waals surface area contributed by atoms with Gasteiger partial charge in [0.25, 0.3) is 5.91 Å². The molecule has 2 aromatic heterocycles. The van der Waals surface area contributed by atoms with Crippen LogP contribution >= 0.6 is 11.3 Å². The third-order valence-electron chi connectivity index (χ3n) is 4.04. The van der Waals surface area contributed by atoms with Crippen molar-refractivity contribution in [3.05, 3.63) is 45.4 Å². The molecular formula is C16H17N3O3S. The van der Waals surface area contributed by atoms with E-state index in [1.165, 1.54) is 11.3 Å². The first-order chi connectivity index (χ1) is 10.8. The molecule has 3 rings (SSSR count). The van der Waals surface area contributed by atoms with Gasteiger partial charge in [-0.05, 0) is 38.3 Å². The Morgan fingerprint density at radius 3 is 2.65 bits per heavy atom. The molecule has 1 unspecified atom stereocenters. The zero-order chi connectivity index (χ0) is 16.8. The van der Waals surface area contributed by atoms with Crippen LogP contribution in [0.3, 0.4) is 0 Å². The van der Waals surface area contributed by atoms with Crippen LogP contribution in [0.2, 0.25) is 0 Å². The van der Waals surface area contributed by atoms with Gasteiger partial charge in [-0.1, -0.05) is 6.07 Å². The lowest BCUT2D eigenvalue weighted by molar-refractivity contribution is -0.130. The van der Waals surface area contributed by atoms with Crippen LogP contribution in [-0.2, 0) is 10.3 Å². The number of rotatable bonds is 4. The Labute approximate surface area is 137 Å². The molecule has 0 aliphatic carbocycles. The van der Waals surface area contributed by atoms with Gasteiger partial charge in [0, 0.05) is 21.8 Å². The molecule has 0 radical (unpaired) electrons. The highest BCUT2D eigenvalue weighted by Crippen LogP contribution is 2.32. The van der Waals surface area contributed by atoms with Crippen molar-refractivity contribution in [2.45, 2.75) is 26.3 Å². The summed E-state index contributed by atoms with van der Waals surface area (Å²) in [6.07, 6.45) is 0. The van der Waals surface area contributed by atoms with Crippen LogP contribution in [-0.4, -0.2) is 34.2 Å². The summed E-state index contributed by atoms with van der Waals surface area (Å²) in [5.74, 6) is -0.658. The number of ketones is 1. The van der Waals surface area contributed by atoms with E-state index in [0.717, 1.165) is 21.2 Å². The van der Waals surface area contributed by atoms with Crippen molar-refractivity contribution in [3.8, 4) is 0 Å². The van der Waals surface area contributed by atoms with Gasteiger partial charge in [0.2, 0.25) is 0 Å². The number of Topliss-reactive ketones (excluding diaryl/α,β-unsaturated/α-hetero) is 1. The second-order valence-corrected chi connectivity index (χ2v) is 6.79. The standard InChI is InChI=1S/C16H17N3O3S/c1-9-7-11(10(2)17-9)12(20)8-19-14(21)16(3,18-15(19)22)13-5-4-6-23-13/h4-7,17H,8H2,1-3H3,(H,18,22). The average Bonchev–Trinajstić information content (AvgIpc) is 3.16. The Morgan fingerprint density at radius 2 is 2.09 bits per heavy atom. The fourth-order valence-corrected chi connectivity index (χ4v) is 3.65. The van der Waals surface area contributed by atoms with Crippen LogP contribution in [0, 0.1) is 13.8 Å². The molecule has 1 fully saturated rings. The van der Waals surface area contributed by atoms with Gasteiger partial charge in [-0.15, -0.1) is 11.3 Å². The first kappa shape index (κ1) is 15.5. The number of aromatic nitrogens is 1. The van der Waals surface area contributed by atoms with E-state index in [1.54, 1.807) is 26.0 Å². The zero-order valence-corrected chi connectivity index (χ0v) is 13.9. The van der Waals surface area contributed by atoms with Crippen molar-refractivity contribution in [1.29, 1.82) is 0 Å². The Hall–Kier alpha value is -2.41. The second-order valence-electron chi connectivity index (χ2n) is 5.84. The highest BCUT2D eigenvalue weighted by molar-refractivity contribution is 7.10. The minimum absolute atomic E-state index is 0.259. The van der Waals surface area contributed by atoms with Crippen LogP contribution < -0.4 is 5.32 Å². The third-order valence-corrected chi connectivity index (χ3v) is 5.13. The number of imide groups is 1. The number of amides is 3.